The highest BCUT2D eigenvalue weighted by Crippen LogP contribution is 2.33. The molecule has 0 unspecified atom stereocenters. The van der Waals surface area contributed by atoms with Crippen LogP contribution in [-0.2, 0) is 4.79 Å². The number of nitrogens with one attached hydrogen (secondary N) is 1. The number of amides is 1. The van der Waals surface area contributed by atoms with Crippen LogP contribution in [0.4, 0.5) is 5.69 Å². The third-order valence-electron chi connectivity index (χ3n) is 4.36. The predicted octanol–water partition coefficient (Wildman–Crippen LogP) is 5.84. The van der Waals surface area contributed by atoms with Gasteiger partial charge < -0.3 is 14.8 Å². The van der Waals surface area contributed by atoms with E-state index >= 15 is 0 Å². The maximum Gasteiger partial charge on any atom is 0.266 e. The van der Waals surface area contributed by atoms with E-state index in [4.69, 9.17) is 21.1 Å². The first kappa shape index (κ1) is 21.2. The molecule has 0 aliphatic heterocycles. The summed E-state index contributed by atoms with van der Waals surface area (Å²) in [6.07, 6.45) is 1.55. The van der Waals surface area contributed by atoms with Gasteiger partial charge in [0.1, 0.15) is 23.1 Å². The summed E-state index contributed by atoms with van der Waals surface area (Å²) in [4.78, 5) is 12.7. The molecule has 0 heterocycles. The SMILES string of the molecule is CCOc1ccc2ccc(OCC)c(C=C(C#N)C(=O)Nc3ccc(Cl)cc3)c2c1. The molecule has 1 amide bonds. The number of hydrogen-bond acceptors (Lipinski definition) is 4. The Bertz CT molecular complexity index is 1130. The molecule has 0 saturated carbocycles. The van der Waals surface area contributed by atoms with E-state index in [2.05, 4.69) is 5.32 Å². The van der Waals surface area contributed by atoms with E-state index in [9.17, 15) is 10.1 Å². The molecule has 0 aliphatic carbocycles. The van der Waals surface area contributed by atoms with Gasteiger partial charge in [0.25, 0.3) is 5.91 Å². The minimum absolute atomic E-state index is 0.0415. The van der Waals surface area contributed by atoms with Crippen molar-refractivity contribution in [2.45, 2.75) is 13.8 Å². The molecule has 0 saturated heterocycles. The van der Waals surface area contributed by atoms with E-state index < -0.39 is 5.91 Å². The van der Waals surface area contributed by atoms with Crippen LogP contribution in [0.3, 0.4) is 0 Å². The zero-order valence-electron chi connectivity index (χ0n) is 16.7. The van der Waals surface area contributed by atoms with Crippen molar-refractivity contribution in [3.8, 4) is 17.6 Å². The van der Waals surface area contributed by atoms with Gasteiger partial charge in [-0.2, -0.15) is 5.26 Å². The molecule has 0 radical (unpaired) electrons. The maximum absolute atomic E-state index is 12.7. The second-order valence-electron chi connectivity index (χ2n) is 6.36. The molecule has 0 fully saturated rings. The zero-order valence-corrected chi connectivity index (χ0v) is 17.5. The Hall–Kier alpha value is -3.49. The highest BCUT2D eigenvalue weighted by Gasteiger charge is 2.14. The number of nitrogens with zero attached hydrogens (tertiary/aromatic N) is 1. The van der Waals surface area contributed by atoms with Crippen molar-refractivity contribution in [2.24, 2.45) is 0 Å². The fraction of sp³-hybridized carbons (Fsp3) is 0.167. The monoisotopic (exact) mass is 420 g/mol. The molecule has 3 rings (SSSR count). The number of halogens is 1. The van der Waals surface area contributed by atoms with Crippen molar-refractivity contribution in [3.05, 3.63) is 70.8 Å². The zero-order chi connectivity index (χ0) is 21.5. The molecular weight excluding hydrogens is 400 g/mol. The molecule has 152 valence electrons. The number of rotatable bonds is 7. The molecular formula is C24H21ClN2O3. The molecule has 0 atom stereocenters. The average molecular weight is 421 g/mol. The summed E-state index contributed by atoms with van der Waals surface area (Å²) in [5.41, 5.74) is 1.16. The van der Waals surface area contributed by atoms with Crippen molar-refractivity contribution in [2.75, 3.05) is 18.5 Å². The first-order valence-corrected chi connectivity index (χ1v) is 9.94. The van der Waals surface area contributed by atoms with Crippen LogP contribution in [0.5, 0.6) is 11.5 Å². The number of hydrogen-bond donors (Lipinski definition) is 1. The van der Waals surface area contributed by atoms with Crippen molar-refractivity contribution < 1.29 is 14.3 Å². The van der Waals surface area contributed by atoms with Gasteiger partial charge in [0, 0.05) is 16.3 Å². The van der Waals surface area contributed by atoms with Gasteiger partial charge in [0.15, 0.2) is 0 Å². The Morgan fingerprint density at radius 2 is 1.77 bits per heavy atom. The number of carbonyl (C=O) groups excluding carboxylic acids is 1. The Kier molecular flexibility index (Phi) is 6.95. The number of nitriles is 1. The molecule has 3 aromatic rings. The smallest absolute Gasteiger partial charge is 0.266 e. The molecule has 1 N–H and O–H groups in total. The fourth-order valence-electron chi connectivity index (χ4n) is 3.01. The Morgan fingerprint density at radius 1 is 1.07 bits per heavy atom. The van der Waals surface area contributed by atoms with Gasteiger partial charge in [-0.25, -0.2) is 0 Å². The molecule has 0 aromatic heterocycles. The summed E-state index contributed by atoms with van der Waals surface area (Å²) in [6.45, 7) is 4.79. The van der Waals surface area contributed by atoms with Gasteiger partial charge >= 0.3 is 0 Å². The number of benzene rings is 3. The molecule has 30 heavy (non-hydrogen) atoms. The summed E-state index contributed by atoms with van der Waals surface area (Å²) in [6, 6.07) is 18.2. The van der Waals surface area contributed by atoms with Crippen LogP contribution in [-0.4, -0.2) is 19.1 Å². The standard InChI is InChI=1S/C24H21ClN2O3/c1-3-29-20-11-5-16-6-12-23(30-4-2)22(21(16)14-20)13-17(15-26)24(28)27-19-9-7-18(25)8-10-19/h5-14H,3-4H2,1-2H3,(H,27,28). The molecule has 0 spiro atoms. The van der Waals surface area contributed by atoms with Crippen LogP contribution in [0, 0.1) is 11.3 Å². The van der Waals surface area contributed by atoms with Crippen LogP contribution in [0.25, 0.3) is 16.8 Å². The highest BCUT2D eigenvalue weighted by atomic mass is 35.5. The summed E-state index contributed by atoms with van der Waals surface area (Å²) < 4.78 is 11.4. The van der Waals surface area contributed by atoms with E-state index in [1.165, 1.54) is 0 Å². The first-order chi connectivity index (χ1) is 14.5. The highest BCUT2D eigenvalue weighted by molar-refractivity contribution is 6.30. The summed E-state index contributed by atoms with van der Waals surface area (Å²) in [5.74, 6) is 0.781. The van der Waals surface area contributed by atoms with Crippen LogP contribution in [0.2, 0.25) is 5.02 Å². The van der Waals surface area contributed by atoms with Gasteiger partial charge in [-0.1, -0.05) is 23.7 Å². The van der Waals surface area contributed by atoms with Gasteiger partial charge in [0.05, 0.1) is 13.2 Å². The predicted molar refractivity (Wildman–Crippen MR) is 120 cm³/mol. The number of fused-ring (bicyclic) bond motifs is 1. The van der Waals surface area contributed by atoms with Gasteiger partial charge in [-0.15, -0.1) is 0 Å². The summed E-state index contributed by atoms with van der Waals surface area (Å²) >= 11 is 5.88. The van der Waals surface area contributed by atoms with Crippen molar-refractivity contribution in [3.63, 3.8) is 0 Å². The third kappa shape index (κ3) is 4.91. The number of anilines is 1. The second kappa shape index (κ2) is 9.82. The van der Waals surface area contributed by atoms with Crippen LogP contribution >= 0.6 is 11.6 Å². The van der Waals surface area contributed by atoms with Crippen molar-refractivity contribution in [1.29, 1.82) is 5.26 Å². The lowest BCUT2D eigenvalue weighted by atomic mass is 10.0. The molecule has 0 aliphatic rings. The van der Waals surface area contributed by atoms with Crippen LogP contribution in [0.15, 0.2) is 60.2 Å². The number of ether oxygens (including phenoxy) is 2. The Labute approximate surface area is 180 Å². The largest absolute Gasteiger partial charge is 0.494 e. The van der Waals surface area contributed by atoms with Crippen molar-refractivity contribution >= 4 is 40.0 Å². The van der Waals surface area contributed by atoms with E-state index in [0.717, 1.165) is 10.8 Å². The summed E-state index contributed by atoms with van der Waals surface area (Å²) in [5, 5.41) is 14.7. The topological polar surface area (TPSA) is 71.3 Å². The second-order valence-corrected chi connectivity index (χ2v) is 6.79. The first-order valence-electron chi connectivity index (χ1n) is 9.56. The minimum Gasteiger partial charge on any atom is -0.494 e. The van der Waals surface area contributed by atoms with Crippen molar-refractivity contribution in [1.82, 2.24) is 0 Å². The fourth-order valence-corrected chi connectivity index (χ4v) is 3.14. The van der Waals surface area contributed by atoms with E-state index in [1.54, 1.807) is 30.3 Å². The molecule has 6 heteroatoms. The van der Waals surface area contributed by atoms with Gasteiger partial charge in [0.2, 0.25) is 0 Å². The lowest BCUT2D eigenvalue weighted by Gasteiger charge is -2.13. The molecule has 3 aromatic carbocycles. The lowest BCUT2D eigenvalue weighted by Crippen LogP contribution is -2.13. The van der Waals surface area contributed by atoms with E-state index in [0.29, 0.717) is 41.0 Å². The van der Waals surface area contributed by atoms with Gasteiger partial charge in [-0.05, 0) is 73.2 Å². The molecule has 5 nitrogen and oxygen atoms in total. The Morgan fingerprint density at radius 3 is 2.43 bits per heavy atom. The van der Waals surface area contributed by atoms with E-state index in [-0.39, 0.29) is 5.57 Å². The lowest BCUT2D eigenvalue weighted by molar-refractivity contribution is -0.112. The quantitative estimate of drug-likeness (QED) is 0.385. The number of carbonyl (C=O) groups is 1. The maximum atomic E-state index is 12.7. The Balaban J connectivity index is 2.06. The van der Waals surface area contributed by atoms with Crippen LogP contribution < -0.4 is 14.8 Å². The average Bonchev–Trinajstić information content (AvgIpc) is 2.75. The minimum atomic E-state index is -0.514. The van der Waals surface area contributed by atoms with E-state index in [1.807, 2.05) is 50.2 Å². The third-order valence-corrected chi connectivity index (χ3v) is 4.61. The normalized spacial score (nSPS) is 11.1. The van der Waals surface area contributed by atoms with Gasteiger partial charge in [-0.3, -0.25) is 4.79 Å². The van der Waals surface area contributed by atoms with Crippen LogP contribution in [0.1, 0.15) is 19.4 Å². The molecule has 0 bridgehead atoms. The summed E-state index contributed by atoms with van der Waals surface area (Å²) in [7, 11) is 0.